The number of carbonyl (C=O) groups excluding carboxylic acids is 2. The highest BCUT2D eigenvalue weighted by molar-refractivity contribution is 7.87. The predicted molar refractivity (Wildman–Crippen MR) is 106 cm³/mol. The number of carbonyl (C=O) groups is 2. The summed E-state index contributed by atoms with van der Waals surface area (Å²) in [4.78, 5) is 24.6. The van der Waals surface area contributed by atoms with Crippen molar-refractivity contribution in [1.82, 2.24) is 0 Å². The molecule has 3 rings (SSSR count). The van der Waals surface area contributed by atoms with Crippen molar-refractivity contribution in [1.29, 1.82) is 0 Å². The average molecular weight is 401 g/mol. The minimum absolute atomic E-state index is 0.00563. The van der Waals surface area contributed by atoms with E-state index in [1.165, 1.54) is 19.9 Å². The number of ketones is 1. The zero-order valence-electron chi connectivity index (χ0n) is 16.1. The minimum Gasteiger partial charge on any atom is -0.379 e. The molecular formula is C21H23NO5S. The fourth-order valence-electron chi connectivity index (χ4n) is 3.45. The Bertz CT molecular complexity index is 1010. The minimum atomic E-state index is -3.99. The van der Waals surface area contributed by atoms with Gasteiger partial charge in [0.05, 0.1) is 0 Å². The molecule has 6 nitrogen and oxygen atoms in total. The predicted octanol–water partition coefficient (Wildman–Crippen LogP) is 3.27. The molecule has 0 aliphatic carbocycles. The van der Waals surface area contributed by atoms with Gasteiger partial charge < -0.3 is 13.9 Å². The second-order valence-corrected chi connectivity index (χ2v) is 8.66. The van der Waals surface area contributed by atoms with Gasteiger partial charge in [0.15, 0.2) is 0 Å². The van der Waals surface area contributed by atoms with Gasteiger partial charge in [-0.2, -0.15) is 8.42 Å². The van der Waals surface area contributed by atoms with E-state index in [9.17, 15) is 18.0 Å². The second kappa shape index (κ2) is 7.75. The highest BCUT2D eigenvalue weighted by Crippen LogP contribution is 2.34. The SMILES string of the molecule is CC(=O)CCc1ccc(OS(=O)(=O)c2ccc3c(c2)CC(C)N3C(C)=O)cc1. The molecule has 1 aliphatic heterocycles. The van der Waals surface area contributed by atoms with Gasteiger partial charge in [-0.15, -0.1) is 0 Å². The van der Waals surface area contributed by atoms with E-state index in [4.69, 9.17) is 4.18 Å². The van der Waals surface area contributed by atoms with Crippen LogP contribution in [0.3, 0.4) is 0 Å². The maximum absolute atomic E-state index is 12.7. The third kappa shape index (κ3) is 4.25. The molecule has 0 radical (unpaired) electrons. The van der Waals surface area contributed by atoms with Crippen LogP contribution in [0, 0.1) is 0 Å². The van der Waals surface area contributed by atoms with E-state index in [0.29, 0.717) is 19.3 Å². The number of fused-ring (bicyclic) bond motifs is 1. The Morgan fingerprint density at radius 2 is 1.79 bits per heavy atom. The van der Waals surface area contributed by atoms with Gasteiger partial charge in [-0.25, -0.2) is 0 Å². The quantitative estimate of drug-likeness (QED) is 0.694. The highest BCUT2D eigenvalue weighted by Gasteiger charge is 2.30. The summed E-state index contributed by atoms with van der Waals surface area (Å²) in [6.07, 6.45) is 1.66. The van der Waals surface area contributed by atoms with Gasteiger partial charge in [0.1, 0.15) is 16.4 Å². The first-order valence-electron chi connectivity index (χ1n) is 9.13. The fraction of sp³-hybridized carbons (Fsp3) is 0.333. The van der Waals surface area contributed by atoms with Crippen molar-refractivity contribution in [2.24, 2.45) is 0 Å². The zero-order valence-corrected chi connectivity index (χ0v) is 17.0. The first kappa shape index (κ1) is 20.1. The van der Waals surface area contributed by atoms with E-state index in [0.717, 1.165) is 16.8 Å². The second-order valence-electron chi connectivity index (χ2n) is 7.12. The van der Waals surface area contributed by atoms with E-state index in [1.54, 1.807) is 41.3 Å². The molecule has 0 spiro atoms. The third-order valence-electron chi connectivity index (χ3n) is 4.79. The molecule has 1 amide bonds. The topological polar surface area (TPSA) is 80.8 Å². The van der Waals surface area contributed by atoms with Crippen LogP contribution in [0.4, 0.5) is 5.69 Å². The number of nitrogens with zero attached hydrogens (tertiary/aromatic N) is 1. The van der Waals surface area contributed by atoms with E-state index >= 15 is 0 Å². The number of Topliss-reactive ketones (excluding diaryl/α,β-unsaturated/α-hetero) is 1. The maximum atomic E-state index is 12.7. The lowest BCUT2D eigenvalue weighted by molar-refractivity contribution is -0.117. The summed E-state index contributed by atoms with van der Waals surface area (Å²) in [6.45, 7) is 4.97. The summed E-state index contributed by atoms with van der Waals surface area (Å²) in [6, 6.07) is 11.4. The highest BCUT2D eigenvalue weighted by atomic mass is 32.2. The lowest BCUT2D eigenvalue weighted by Gasteiger charge is -2.20. The molecule has 148 valence electrons. The summed E-state index contributed by atoms with van der Waals surface area (Å²) < 4.78 is 30.6. The van der Waals surface area contributed by atoms with E-state index in [2.05, 4.69) is 0 Å². The van der Waals surface area contributed by atoms with Gasteiger partial charge >= 0.3 is 10.1 Å². The smallest absolute Gasteiger partial charge is 0.339 e. The molecule has 0 fully saturated rings. The number of amides is 1. The van der Waals surface area contributed by atoms with Gasteiger partial charge in [0, 0.05) is 25.1 Å². The Balaban J connectivity index is 1.78. The summed E-state index contributed by atoms with van der Waals surface area (Å²) >= 11 is 0. The van der Waals surface area contributed by atoms with Crippen LogP contribution in [0.25, 0.3) is 0 Å². The van der Waals surface area contributed by atoms with Crippen molar-refractivity contribution in [3.63, 3.8) is 0 Å². The summed E-state index contributed by atoms with van der Waals surface area (Å²) in [7, 11) is -3.99. The maximum Gasteiger partial charge on any atom is 0.339 e. The molecular weight excluding hydrogens is 378 g/mol. The van der Waals surface area contributed by atoms with Crippen molar-refractivity contribution in [2.75, 3.05) is 4.90 Å². The van der Waals surface area contributed by atoms with Crippen molar-refractivity contribution in [3.8, 4) is 5.75 Å². The average Bonchev–Trinajstić information content (AvgIpc) is 2.95. The Hall–Kier alpha value is -2.67. The Morgan fingerprint density at radius 3 is 2.39 bits per heavy atom. The monoisotopic (exact) mass is 401 g/mol. The van der Waals surface area contributed by atoms with Crippen LogP contribution in [-0.2, 0) is 32.5 Å². The molecule has 1 heterocycles. The molecule has 1 aliphatic rings. The molecule has 0 saturated carbocycles. The van der Waals surface area contributed by atoms with Gasteiger partial charge in [-0.1, -0.05) is 12.1 Å². The molecule has 1 atom stereocenters. The Morgan fingerprint density at radius 1 is 1.11 bits per heavy atom. The molecule has 2 aromatic rings. The van der Waals surface area contributed by atoms with Crippen molar-refractivity contribution >= 4 is 27.5 Å². The summed E-state index contributed by atoms with van der Waals surface area (Å²) in [5.41, 5.74) is 2.50. The number of hydrogen-bond acceptors (Lipinski definition) is 5. The lowest BCUT2D eigenvalue weighted by atomic mass is 10.1. The van der Waals surface area contributed by atoms with Crippen molar-refractivity contribution in [2.45, 2.75) is 51.0 Å². The van der Waals surface area contributed by atoms with Gasteiger partial charge in [0.25, 0.3) is 0 Å². The van der Waals surface area contributed by atoms with Crippen LogP contribution in [-0.4, -0.2) is 26.2 Å². The molecule has 0 bridgehead atoms. The number of anilines is 1. The molecule has 0 aromatic heterocycles. The largest absolute Gasteiger partial charge is 0.379 e. The van der Waals surface area contributed by atoms with Crippen LogP contribution in [0.2, 0.25) is 0 Å². The summed E-state index contributed by atoms with van der Waals surface area (Å²) in [5.74, 6) is 0.256. The van der Waals surface area contributed by atoms with E-state index in [-0.39, 0.29) is 28.4 Å². The fourth-order valence-corrected chi connectivity index (χ4v) is 4.43. The standard InChI is InChI=1S/C21H23NO5S/c1-14-12-18-13-20(10-11-21(18)22(14)16(3)24)28(25,26)27-19-8-6-17(7-9-19)5-4-15(2)23/h6-11,13-14H,4-5,12H2,1-3H3. The number of aryl methyl sites for hydroxylation is 1. The molecule has 1 unspecified atom stereocenters. The lowest BCUT2D eigenvalue weighted by Crippen LogP contribution is -2.33. The van der Waals surface area contributed by atoms with Crippen LogP contribution in [0.5, 0.6) is 5.75 Å². The first-order valence-corrected chi connectivity index (χ1v) is 10.5. The van der Waals surface area contributed by atoms with Crippen molar-refractivity contribution < 1.29 is 22.2 Å². The van der Waals surface area contributed by atoms with E-state index < -0.39 is 10.1 Å². The van der Waals surface area contributed by atoms with Crippen LogP contribution < -0.4 is 9.08 Å². The van der Waals surface area contributed by atoms with Crippen molar-refractivity contribution in [3.05, 3.63) is 53.6 Å². The van der Waals surface area contributed by atoms with Crippen LogP contribution in [0.15, 0.2) is 47.4 Å². The molecule has 2 aromatic carbocycles. The molecule has 0 saturated heterocycles. The zero-order chi connectivity index (χ0) is 20.5. The Labute approximate surface area is 165 Å². The normalized spacial score (nSPS) is 16.0. The Kier molecular flexibility index (Phi) is 5.56. The number of hydrogen-bond donors (Lipinski definition) is 0. The van der Waals surface area contributed by atoms with Gasteiger partial charge in [0.2, 0.25) is 5.91 Å². The molecule has 28 heavy (non-hydrogen) atoms. The molecule has 0 N–H and O–H groups in total. The summed E-state index contributed by atoms with van der Waals surface area (Å²) in [5, 5.41) is 0. The van der Waals surface area contributed by atoms with E-state index in [1.807, 2.05) is 6.92 Å². The number of rotatable bonds is 6. The third-order valence-corrected chi connectivity index (χ3v) is 6.03. The van der Waals surface area contributed by atoms with Gasteiger partial charge in [-0.05, 0) is 68.1 Å². The molecule has 7 heteroatoms. The first-order chi connectivity index (χ1) is 13.2. The van der Waals surface area contributed by atoms with Gasteiger partial charge in [-0.3, -0.25) is 4.79 Å². The van der Waals surface area contributed by atoms with Crippen LogP contribution in [0.1, 0.15) is 38.3 Å². The van der Waals surface area contributed by atoms with Crippen LogP contribution >= 0.6 is 0 Å². The number of benzene rings is 2.